The zero-order chi connectivity index (χ0) is 15.8. The average Bonchev–Trinajstić information content (AvgIpc) is 2.46. The Labute approximate surface area is 124 Å². The molecule has 7 heteroatoms. The molecule has 0 spiro atoms. The fraction of sp³-hybridized carbons (Fsp3) is 0.786. The minimum atomic E-state index is -0.811. The molecule has 0 aliphatic heterocycles. The minimum absolute atomic E-state index is 0.0920. The molecule has 1 saturated carbocycles. The molecule has 0 heterocycles. The fourth-order valence-electron chi connectivity index (χ4n) is 2.55. The summed E-state index contributed by atoms with van der Waals surface area (Å²) in [7, 11) is 1.28. The number of carbonyl (C=O) groups excluding carboxylic acids is 2. The summed E-state index contributed by atoms with van der Waals surface area (Å²) in [5, 5.41) is 11.9. The van der Waals surface area contributed by atoms with Gasteiger partial charge in [-0.3, -0.25) is 9.59 Å². The first-order valence-corrected chi connectivity index (χ1v) is 7.33. The Balaban J connectivity index is 2.55. The van der Waals surface area contributed by atoms with Crippen LogP contribution in [-0.2, 0) is 14.3 Å². The summed E-state index contributed by atoms with van der Waals surface area (Å²) < 4.78 is 4.58. The second-order valence-corrected chi connectivity index (χ2v) is 5.35. The van der Waals surface area contributed by atoms with Crippen molar-refractivity contribution in [2.24, 2.45) is 5.92 Å². The summed E-state index contributed by atoms with van der Waals surface area (Å²) in [4.78, 5) is 35.9. The summed E-state index contributed by atoms with van der Waals surface area (Å²) in [6, 6.07) is -0.484. The number of methoxy groups -OCH3 is 1. The van der Waals surface area contributed by atoms with Crippen molar-refractivity contribution >= 4 is 18.0 Å². The van der Waals surface area contributed by atoms with Gasteiger partial charge in [-0.2, -0.15) is 0 Å². The number of aliphatic carboxylic acids is 1. The van der Waals surface area contributed by atoms with E-state index in [1.54, 1.807) is 0 Å². The number of amides is 2. The highest BCUT2D eigenvalue weighted by Crippen LogP contribution is 2.24. The third-order valence-corrected chi connectivity index (χ3v) is 3.68. The number of carbonyl (C=O) groups is 3. The maximum atomic E-state index is 12.2. The van der Waals surface area contributed by atoms with Crippen molar-refractivity contribution in [3.05, 3.63) is 0 Å². The lowest BCUT2D eigenvalue weighted by Gasteiger charge is -2.30. The third kappa shape index (κ3) is 5.61. The van der Waals surface area contributed by atoms with Gasteiger partial charge in [-0.05, 0) is 25.7 Å². The lowest BCUT2D eigenvalue weighted by molar-refractivity contribution is -0.143. The van der Waals surface area contributed by atoms with Crippen LogP contribution < -0.4 is 5.32 Å². The maximum Gasteiger partial charge on any atom is 0.325 e. The van der Waals surface area contributed by atoms with Crippen LogP contribution >= 0.6 is 0 Å². The minimum Gasteiger partial charge on any atom is -0.481 e. The molecule has 0 aromatic carbocycles. The summed E-state index contributed by atoms with van der Waals surface area (Å²) in [6.45, 7) is 2.28. The second kappa shape index (κ2) is 8.49. The van der Waals surface area contributed by atoms with Crippen molar-refractivity contribution < 1.29 is 24.2 Å². The van der Waals surface area contributed by atoms with E-state index in [1.165, 1.54) is 12.0 Å². The normalized spacial score (nSPS) is 21.4. The number of urea groups is 1. The Kier molecular flexibility index (Phi) is 6.98. The Bertz CT molecular complexity index is 386. The quantitative estimate of drug-likeness (QED) is 0.719. The molecule has 1 aliphatic carbocycles. The topological polar surface area (TPSA) is 95.9 Å². The smallest absolute Gasteiger partial charge is 0.325 e. The molecule has 0 aromatic heterocycles. The van der Waals surface area contributed by atoms with Crippen LogP contribution in [0, 0.1) is 5.92 Å². The zero-order valence-corrected chi connectivity index (χ0v) is 12.6. The molecule has 1 aliphatic rings. The van der Waals surface area contributed by atoms with Gasteiger partial charge in [-0.15, -0.1) is 0 Å². The molecule has 2 atom stereocenters. The molecule has 7 nitrogen and oxygen atoms in total. The number of esters is 1. The van der Waals surface area contributed by atoms with Crippen LogP contribution in [0.1, 0.15) is 39.0 Å². The first-order valence-electron chi connectivity index (χ1n) is 7.33. The Morgan fingerprint density at radius 1 is 1.33 bits per heavy atom. The van der Waals surface area contributed by atoms with E-state index < -0.39 is 17.9 Å². The van der Waals surface area contributed by atoms with E-state index in [1.807, 2.05) is 6.92 Å². The summed E-state index contributed by atoms with van der Waals surface area (Å²) in [5.74, 6) is -1.68. The van der Waals surface area contributed by atoms with Gasteiger partial charge in [0.25, 0.3) is 0 Å². The van der Waals surface area contributed by atoms with Gasteiger partial charge in [0, 0.05) is 12.6 Å². The van der Waals surface area contributed by atoms with Gasteiger partial charge in [0.2, 0.25) is 0 Å². The van der Waals surface area contributed by atoms with Crippen molar-refractivity contribution in [3.8, 4) is 0 Å². The average molecular weight is 300 g/mol. The van der Waals surface area contributed by atoms with Crippen LogP contribution in [0.3, 0.4) is 0 Å². The maximum absolute atomic E-state index is 12.2. The molecule has 0 aromatic rings. The SMILES string of the molecule is CCCN(CC(=O)OC)C(=O)NC1CCCC(C(=O)O)C1. The van der Waals surface area contributed by atoms with Crippen molar-refractivity contribution in [3.63, 3.8) is 0 Å². The van der Waals surface area contributed by atoms with Gasteiger partial charge < -0.3 is 20.1 Å². The molecule has 120 valence electrons. The molecular formula is C14H24N2O5. The van der Waals surface area contributed by atoms with Crippen LogP contribution in [-0.4, -0.2) is 54.2 Å². The molecule has 2 N–H and O–H groups in total. The van der Waals surface area contributed by atoms with E-state index in [4.69, 9.17) is 5.11 Å². The molecule has 2 amide bonds. The lowest BCUT2D eigenvalue weighted by atomic mass is 9.86. The van der Waals surface area contributed by atoms with E-state index in [-0.39, 0.29) is 18.6 Å². The molecule has 1 fully saturated rings. The second-order valence-electron chi connectivity index (χ2n) is 5.35. The van der Waals surface area contributed by atoms with Crippen LogP contribution in [0.4, 0.5) is 4.79 Å². The first kappa shape index (κ1) is 17.3. The molecule has 0 radical (unpaired) electrons. The molecule has 1 rings (SSSR count). The van der Waals surface area contributed by atoms with Gasteiger partial charge in [-0.25, -0.2) is 4.79 Å². The standard InChI is InChI=1S/C14H24N2O5/c1-3-7-16(9-12(17)21-2)14(20)15-11-6-4-5-10(8-11)13(18)19/h10-11H,3-9H2,1-2H3,(H,15,20)(H,18,19). The molecule has 0 bridgehead atoms. The van der Waals surface area contributed by atoms with E-state index >= 15 is 0 Å². The van der Waals surface area contributed by atoms with Gasteiger partial charge in [0.1, 0.15) is 6.54 Å². The summed E-state index contributed by atoms with van der Waals surface area (Å²) >= 11 is 0. The number of nitrogens with zero attached hydrogens (tertiary/aromatic N) is 1. The highest BCUT2D eigenvalue weighted by atomic mass is 16.5. The number of carboxylic acid groups (broad SMARTS) is 1. The first-order chi connectivity index (χ1) is 9.97. The summed E-state index contributed by atoms with van der Waals surface area (Å²) in [5.41, 5.74) is 0. The van der Waals surface area contributed by atoms with Crippen LogP contribution in [0.25, 0.3) is 0 Å². The highest BCUT2D eigenvalue weighted by molar-refractivity contribution is 5.81. The van der Waals surface area contributed by atoms with Gasteiger partial charge in [-0.1, -0.05) is 13.3 Å². The zero-order valence-electron chi connectivity index (χ0n) is 12.6. The van der Waals surface area contributed by atoms with Crippen LogP contribution in [0.5, 0.6) is 0 Å². The Hall–Kier alpha value is -1.79. The molecule has 21 heavy (non-hydrogen) atoms. The number of hydrogen-bond acceptors (Lipinski definition) is 4. The lowest BCUT2D eigenvalue weighted by Crippen LogP contribution is -2.48. The van der Waals surface area contributed by atoms with Crippen molar-refractivity contribution in [2.75, 3.05) is 20.2 Å². The fourth-order valence-corrected chi connectivity index (χ4v) is 2.55. The van der Waals surface area contributed by atoms with Gasteiger partial charge in [0.05, 0.1) is 13.0 Å². The predicted molar refractivity (Wildman–Crippen MR) is 75.8 cm³/mol. The summed E-state index contributed by atoms with van der Waals surface area (Å²) in [6.07, 6.45) is 3.38. The van der Waals surface area contributed by atoms with E-state index in [9.17, 15) is 14.4 Å². The van der Waals surface area contributed by atoms with Crippen LogP contribution in [0.15, 0.2) is 0 Å². The Morgan fingerprint density at radius 3 is 2.62 bits per heavy atom. The number of nitrogens with one attached hydrogen (secondary N) is 1. The van der Waals surface area contributed by atoms with Gasteiger partial charge in [0.15, 0.2) is 0 Å². The van der Waals surface area contributed by atoms with Gasteiger partial charge >= 0.3 is 18.0 Å². The largest absolute Gasteiger partial charge is 0.481 e. The van der Waals surface area contributed by atoms with E-state index in [0.29, 0.717) is 19.4 Å². The van der Waals surface area contributed by atoms with Crippen molar-refractivity contribution in [1.29, 1.82) is 0 Å². The highest BCUT2D eigenvalue weighted by Gasteiger charge is 2.29. The number of rotatable bonds is 6. The van der Waals surface area contributed by atoms with E-state index in [2.05, 4.69) is 10.1 Å². The van der Waals surface area contributed by atoms with Crippen LogP contribution in [0.2, 0.25) is 0 Å². The number of ether oxygens (including phenoxy) is 1. The monoisotopic (exact) mass is 300 g/mol. The molecule has 0 saturated heterocycles. The number of hydrogen-bond donors (Lipinski definition) is 2. The van der Waals surface area contributed by atoms with E-state index in [0.717, 1.165) is 19.3 Å². The van der Waals surface area contributed by atoms with Crippen molar-refractivity contribution in [1.82, 2.24) is 10.2 Å². The number of carboxylic acids is 1. The molecule has 2 unspecified atom stereocenters. The predicted octanol–water partition coefficient (Wildman–Crippen LogP) is 1.22. The third-order valence-electron chi connectivity index (χ3n) is 3.68. The van der Waals surface area contributed by atoms with Crippen molar-refractivity contribution in [2.45, 2.75) is 45.1 Å². The Morgan fingerprint density at radius 2 is 2.05 bits per heavy atom. The molecular weight excluding hydrogens is 276 g/mol.